The Morgan fingerprint density at radius 1 is 1.47 bits per heavy atom. The van der Waals surface area contributed by atoms with Crippen molar-refractivity contribution >= 4 is 0 Å². The zero-order valence-corrected chi connectivity index (χ0v) is 11.7. The lowest BCUT2D eigenvalue weighted by molar-refractivity contribution is 0.00987. The smallest absolute Gasteiger partial charge is 0.127 e. The quantitative estimate of drug-likeness (QED) is 0.906. The molecule has 2 rings (SSSR count). The van der Waals surface area contributed by atoms with Crippen LogP contribution in [0.5, 0.6) is 0 Å². The Hall–Kier alpha value is -0.970. The van der Waals surface area contributed by atoms with E-state index in [0.29, 0.717) is 13.1 Å². The Balaban J connectivity index is 2.07. The van der Waals surface area contributed by atoms with Crippen LogP contribution in [0.3, 0.4) is 0 Å². The summed E-state index contributed by atoms with van der Waals surface area (Å²) in [5, 5.41) is 0. The van der Waals surface area contributed by atoms with Gasteiger partial charge in [-0.15, -0.1) is 0 Å². The highest BCUT2D eigenvalue weighted by Gasteiger charge is 2.27. The number of hydrogen-bond donors (Lipinski definition) is 1. The number of ether oxygens (including phenoxy) is 1. The van der Waals surface area contributed by atoms with Gasteiger partial charge in [0.15, 0.2) is 0 Å². The van der Waals surface area contributed by atoms with Gasteiger partial charge in [0.05, 0.1) is 6.10 Å². The summed E-state index contributed by atoms with van der Waals surface area (Å²) in [7, 11) is 1.74. The van der Waals surface area contributed by atoms with E-state index in [9.17, 15) is 4.39 Å². The molecule has 0 aromatic heterocycles. The van der Waals surface area contributed by atoms with Crippen LogP contribution in [-0.2, 0) is 11.3 Å². The van der Waals surface area contributed by atoms with Crippen LogP contribution < -0.4 is 5.73 Å². The van der Waals surface area contributed by atoms with Gasteiger partial charge in [-0.3, -0.25) is 4.90 Å². The van der Waals surface area contributed by atoms with Gasteiger partial charge in [0, 0.05) is 38.3 Å². The van der Waals surface area contributed by atoms with Crippen molar-refractivity contribution in [2.24, 2.45) is 5.73 Å². The minimum Gasteiger partial charge on any atom is -0.381 e. The molecule has 1 aliphatic rings. The predicted molar refractivity (Wildman–Crippen MR) is 74.4 cm³/mol. The molecule has 0 bridgehead atoms. The van der Waals surface area contributed by atoms with E-state index in [0.717, 1.165) is 30.5 Å². The van der Waals surface area contributed by atoms with Gasteiger partial charge in [0.25, 0.3) is 0 Å². The Bertz CT molecular complexity index is 425. The van der Waals surface area contributed by atoms with Crippen molar-refractivity contribution < 1.29 is 9.13 Å². The van der Waals surface area contributed by atoms with Crippen molar-refractivity contribution in [2.75, 3.05) is 20.2 Å². The molecule has 4 heteroatoms. The summed E-state index contributed by atoms with van der Waals surface area (Å²) in [6, 6.07) is 5.55. The molecule has 2 atom stereocenters. The largest absolute Gasteiger partial charge is 0.381 e. The van der Waals surface area contributed by atoms with Gasteiger partial charge in [-0.1, -0.05) is 17.7 Å². The summed E-state index contributed by atoms with van der Waals surface area (Å²) in [4.78, 5) is 2.27. The Morgan fingerprint density at radius 3 is 2.95 bits per heavy atom. The maximum atomic E-state index is 13.8. The van der Waals surface area contributed by atoms with Crippen molar-refractivity contribution in [1.29, 1.82) is 0 Å². The average Bonchev–Trinajstić information content (AvgIpc) is 2.43. The van der Waals surface area contributed by atoms with Gasteiger partial charge in [-0.2, -0.15) is 0 Å². The molecule has 2 unspecified atom stereocenters. The van der Waals surface area contributed by atoms with E-state index >= 15 is 0 Å². The predicted octanol–water partition coefficient (Wildman–Crippen LogP) is 2.07. The number of likely N-dealkylation sites (tertiary alicyclic amines) is 1. The third-order valence-corrected chi connectivity index (χ3v) is 3.97. The molecule has 0 spiro atoms. The molecule has 1 aromatic carbocycles. The lowest BCUT2D eigenvalue weighted by Gasteiger charge is -2.38. The average molecular weight is 266 g/mol. The Morgan fingerprint density at radius 2 is 2.26 bits per heavy atom. The third-order valence-electron chi connectivity index (χ3n) is 3.97. The van der Waals surface area contributed by atoms with Crippen molar-refractivity contribution in [3.63, 3.8) is 0 Å². The molecular formula is C15H23FN2O. The molecule has 0 saturated carbocycles. The zero-order valence-electron chi connectivity index (χ0n) is 11.7. The van der Waals surface area contributed by atoms with Crippen molar-refractivity contribution in [2.45, 2.75) is 38.5 Å². The third kappa shape index (κ3) is 3.53. The first-order valence-electron chi connectivity index (χ1n) is 6.86. The van der Waals surface area contributed by atoms with Gasteiger partial charge in [0.2, 0.25) is 0 Å². The number of nitrogens with zero attached hydrogens (tertiary/aromatic N) is 1. The van der Waals surface area contributed by atoms with Crippen LogP contribution >= 0.6 is 0 Å². The fourth-order valence-corrected chi connectivity index (χ4v) is 2.77. The molecule has 1 saturated heterocycles. The van der Waals surface area contributed by atoms with Crippen LogP contribution in [0.2, 0.25) is 0 Å². The van der Waals surface area contributed by atoms with Crippen LogP contribution in [0.1, 0.15) is 24.0 Å². The summed E-state index contributed by atoms with van der Waals surface area (Å²) < 4.78 is 19.2. The van der Waals surface area contributed by atoms with Gasteiger partial charge < -0.3 is 10.5 Å². The number of benzene rings is 1. The number of aryl methyl sites for hydroxylation is 1. The number of methoxy groups -OCH3 is 1. The second-order valence-electron chi connectivity index (χ2n) is 5.34. The maximum absolute atomic E-state index is 13.8. The van der Waals surface area contributed by atoms with E-state index in [4.69, 9.17) is 10.5 Å². The fraction of sp³-hybridized carbons (Fsp3) is 0.600. The molecular weight excluding hydrogens is 243 g/mol. The first-order valence-corrected chi connectivity index (χ1v) is 6.86. The van der Waals surface area contributed by atoms with Gasteiger partial charge in [0.1, 0.15) is 5.82 Å². The highest BCUT2D eigenvalue weighted by molar-refractivity contribution is 5.24. The summed E-state index contributed by atoms with van der Waals surface area (Å²) in [6.07, 6.45) is 2.20. The maximum Gasteiger partial charge on any atom is 0.127 e. The van der Waals surface area contributed by atoms with Gasteiger partial charge in [-0.05, 0) is 25.8 Å². The number of nitrogens with two attached hydrogens (primary N) is 1. The van der Waals surface area contributed by atoms with E-state index in [-0.39, 0.29) is 18.0 Å². The Kier molecular flexibility index (Phi) is 4.91. The van der Waals surface area contributed by atoms with E-state index in [2.05, 4.69) is 4.90 Å². The Labute approximate surface area is 114 Å². The van der Waals surface area contributed by atoms with E-state index in [1.54, 1.807) is 19.2 Å². The summed E-state index contributed by atoms with van der Waals surface area (Å²) in [6.45, 7) is 4.12. The topological polar surface area (TPSA) is 38.5 Å². The summed E-state index contributed by atoms with van der Waals surface area (Å²) >= 11 is 0. The summed E-state index contributed by atoms with van der Waals surface area (Å²) in [5.41, 5.74) is 7.69. The first kappa shape index (κ1) is 14.4. The van der Waals surface area contributed by atoms with Crippen LogP contribution in [0.15, 0.2) is 18.2 Å². The van der Waals surface area contributed by atoms with Crippen LogP contribution in [0.4, 0.5) is 4.39 Å². The molecule has 1 aromatic rings. The van der Waals surface area contributed by atoms with Crippen molar-refractivity contribution in [3.05, 3.63) is 35.1 Å². The van der Waals surface area contributed by atoms with E-state index in [1.807, 2.05) is 13.0 Å². The van der Waals surface area contributed by atoms with Crippen molar-refractivity contribution in [3.8, 4) is 0 Å². The number of piperidine rings is 1. The van der Waals surface area contributed by atoms with Gasteiger partial charge in [-0.25, -0.2) is 4.39 Å². The molecule has 0 amide bonds. The molecule has 0 aliphatic carbocycles. The zero-order chi connectivity index (χ0) is 13.8. The molecule has 1 heterocycles. The SMILES string of the molecule is COC1CCN(Cc2cc(C)ccc2F)C(CN)C1. The lowest BCUT2D eigenvalue weighted by Crippen LogP contribution is -2.48. The standard InChI is InChI=1S/C15H23FN2O/c1-11-3-4-15(16)12(7-11)10-18-6-5-14(19-2)8-13(18)9-17/h3-4,7,13-14H,5-6,8-10,17H2,1-2H3. The number of halogens is 1. The normalized spacial score (nSPS) is 24.6. The fourth-order valence-electron chi connectivity index (χ4n) is 2.77. The lowest BCUT2D eigenvalue weighted by atomic mass is 9.98. The summed E-state index contributed by atoms with van der Waals surface area (Å²) in [5.74, 6) is -0.129. The minimum absolute atomic E-state index is 0.129. The molecule has 19 heavy (non-hydrogen) atoms. The molecule has 1 fully saturated rings. The second-order valence-corrected chi connectivity index (χ2v) is 5.34. The van der Waals surface area contributed by atoms with E-state index < -0.39 is 0 Å². The van der Waals surface area contributed by atoms with Crippen LogP contribution in [0.25, 0.3) is 0 Å². The highest BCUT2D eigenvalue weighted by Crippen LogP contribution is 2.22. The first-order chi connectivity index (χ1) is 9.13. The minimum atomic E-state index is -0.129. The molecule has 3 nitrogen and oxygen atoms in total. The number of rotatable bonds is 4. The molecule has 106 valence electrons. The molecule has 0 radical (unpaired) electrons. The van der Waals surface area contributed by atoms with Crippen LogP contribution in [0, 0.1) is 12.7 Å². The molecule has 1 aliphatic heterocycles. The molecule has 2 N–H and O–H groups in total. The van der Waals surface area contributed by atoms with Gasteiger partial charge >= 0.3 is 0 Å². The highest BCUT2D eigenvalue weighted by atomic mass is 19.1. The monoisotopic (exact) mass is 266 g/mol. The van der Waals surface area contributed by atoms with E-state index in [1.165, 1.54) is 0 Å². The number of hydrogen-bond acceptors (Lipinski definition) is 3. The second kappa shape index (κ2) is 6.46. The van der Waals surface area contributed by atoms with Crippen LogP contribution in [-0.4, -0.2) is 37.2 Å². The van der Waals surface area contributed by atoms with Crippen molar-refractivity contribution in [1.82, 2.24) is 4.90 Å².